The number of carbonyl (C=O) groups is 2. The number of rotatable bonds is 6. The van der Waals surface area contributed by atoms with Crippen LogP contribution in [0.2, 0.25) is 0 Å². The molecule has 2 N–H and O–H groups in total. The SMILES string of the molecule is O=C(O)C1CN(C(=O)CCNS(=O)(=O)c2ccc(F)cc2)CCO1. The minimum absolute atomic E-state index is 0.0706. The summed E-state index contributed by atoms with van der Waals surface area (Å²) in [5.41, 5.74) is 0. The van der Waals surface area contributed by atoms with Gasteiger partial charge in [0, 0.05) is 19.5 Å². The molecule has 1 unspecified atom stereocenters. The summed E-state index contributed by atoms with van der Waals surface area (Å²) in [6.07, 6.45) is -1.19. The Kier molecular flexibility index (Phi) is 5.86. The third-order valence-corrected chi connectivity index (χ3v) is 4.93. The van der Waals surface area contributed by atoms with Gasteiger partial charge in [0.15, 0.2) is 6.10 Å². The highest BCUT2D eigenvalue weighted by molar-refractivity contribution is 7.89. The fraction of sp³-hybridized carbons (Fsp3) is 0.429. The summed E-state index contributed by atoms with van der Waals surface area (Å²) in [5.74, 6) is -2.07. The minimum atomic E-state index is -3.83. The highest BCUT2D eigenvalue weighted by Gasteiger charge is 2.28. The van der Waals surface area contributed by atoms with Crippen molar-refractivity contribution < 1.29 is 32.2 Å². The Hall–Kier alpha value is -2.04. The molecule has 24 heavy (non-hydrogen) atoms. The van der Waals surface area contributed by atoms with E-state index in [2.05, 4.69) is 4.72 Å². The van der Waals surface area contributed by atoms with Crippen molar-refractivity contribution in [3.63, 3.8) is 0 Å². The number of nitrogens with zero attached hydrogens (tertiary/aromatic N) is 1. The molecule has 10 heteroatoms. The van der Waals surface area contributed by atoms with E-state index in [9.17, 15) is 22.4 Å². The summed E-state index contributed by atoms with van der Waals surface area (Å²) in [5, 5.41) is 8.88. The second-order valence-electron chi connectivity index (χ2n) is 5.14. The molecule has 1 aromatic carbocycles. The number of benzene rings is 1. The van der Waals surface area contributed by atoms with Gasteiger partial charge in [-0.2, -0.15) is 0 Å². The third kappa shape index (κ3) is 4.73. The van der Waals surface area contributed by atoms with Crippen LogP contribution in [0.3, 0.4) is 0 Å². The van der Waals surface area contributed by atoms with E-state index in [4.69, 9.17) is 9.84 Å². The van der Waals surface area contributed by atoms with Crippen LogP contribution in [-0.4, -0.2) is 62.6 Å². The second kappa shape index (κ2) is 7.69. The molecular weight excluding hydrogens is 343 g/mol. The van der Waals surface area contributed by atoms with Gasteiger partial charge < -0.3 is 14.7 Å². The summed E-state index contributed by atoms with van der Waals surface area (Å²) in [6.45, 7) is 0.157. The Labute approximate surface area is 138 Å². The number of carbonyl (C=O) groups excluding carboxylic acids is 1. The lowest BCUT2D eigenvalue weighted by Gasteiger charge is -2.30. The fourth-order valence-corrected chi connectivity index (χ4v) is 3.20. The summed E-state index contributed by atoms with van der Waals surface area (Å²) in [7, 11) is -3.83. The summed E-state index contributed by atoms with van der Waals surface area (Å²) in [6, 6.07) is 4.30. The number of morpholine rings is 1. The van der Waals surface area contributed by atoms with E-state index in [1.165, 1.54) is 4.90 Å². The summed E-state index contributed by atoms with van der Waals surface area (Å²) >= 11 is 0. The van der Waals surface area contributed by atoms with Crippen LogP contribution < -0.4 is 4.72 Å². The molecule has 2 rings (SSSR count). The highest BCUT2D eigenvalue weighted by atomic mass is 32.2. The number of aliphatic carboxylic acids is 1. The van der Waals surface area contributed by atoms with E-state index in [0.29, 0.717) is 0 Å². The lowest BCUT2D eigenvalue weighted by Crippen LogP contribution is -2.49. The Morgan fingerprint density at radius 1 is 1.33 bits per heavy atom. The van der Waals surface area contributed by atoms with Crippen LogP contribution in [-0.2, 0) is 24.3 Å². The quantitative estimate of drug-likeness (QED) is 0.727. The normalized spacial score (nSPS) is 18.4. The Morgan fingerprint density at radius 2 is 2.00 bits per heavy atom. The first-order chi connectivity index (χ1) is 11.3. The number of hydrogen-bond donors (Lipinski definition) is 2. The molecule has 1 aliphatic heterocycles. The molecule has 0 radical (unpaired) electrons. The van der Waals surface area contributed by atoms with Crippen LogP contribution >= 0.6 is 0 Å². The number of carboxylic acid groups (broad SMARTS) is 1. The predicted octanol–water partition coefficient (Wildman–Crippen LogP) is -0.194. The molecule has 1 amide bonds. The number of ether oxygens (including phenoxy) is 1. The van der Waals surface area contributed by atoms with Gasteiger partial charge in [-0.3, -0.25) is 4.79 Å². The van der Waals surface area contributed by atoms with Crippen molar-refractivity contribution in [1.82, 2.24) is 9.62 Å². The lowest BCUT2D eigenvalue weighted by molar-refractivity contribution is -0.159. The number of sulfonamides is 1. The van der Waals surface area contributed by atoms with Crippen LogP contribution in [0, 0.1) is 5.82 Å². The number of amides is 1. The fourth-order valence-electron chi connectivity index (χ4n) is 2.17. The van der Waals surface area contributed by atoms with Gasteiger partial charge in [0.25, 0.3) is 0 Å². The maximum Gasteiger partial charge on any atom is 0.334 e. The van der Waals surface area contributed by atoms with Gasteiger partial charge in [-0.1, -0.05) is 0 Å². The van der Waals surface area contributed by atoms with Crippen molar-refractivity contribution >= 4 is 21.9 Å². The molecule has 1 heterocycles. The maximum atomic E-state index is 12.8. The van der Waals surface area contributed by atoms with Crippen LogP contribution in [0.5, 0.6) is 0 Å². The minimum Gasteiger partial charge on any atom is -0.479 e. The number of carboxylic acids is 1. The van der Waals surface area contributed by atoms with Gasteiger partial charge in [0.05, 0.1) is 18.0 Å². The van der Waals surface area contributed by atoms with Gasteiger partial charge in [-0.05, 0) is 24.3 Å². The Morgan fingerprint density at radius 3 is 2.62 bits per heavy atom. The molecule has 1 saturated heterocycles. The molecule has 1 fully saturated rings. The topological polar surface area (TPSA) is 113 Å². The first kappa shape index (κ1) is 18.3. The maximum absolute atomic E-state index is 12.8. The molecule has 0 spiro atoms. The summed E-state index contributed by atoms with van der Waals surface area (Å²) < 4.78 is 44.0. The van der Waals surface area contributed by atoms with E-state index in [0.717, 1.165) is 24.3 Å². The first-order valence-corrected chi connectivity index (χ1v) is 8.65. The molecule has 1 aromatic rings. The molecular formula is C14H17FN2O6S. The zero-order chi connectivity index (χ0) is 17.7. The van der Waals surface area contributed by atoms with E-state index in [1.54, 1.807) is 0 Å². The predicted molar refractivity (Wildman–Crippen MR) is 80.2 cm³/mol. The summed E-state index contributed by atoms with van der Waals surface area (Å²) in [4.78, 5) is 24.1. The average Bonchev–Trinajstić information content (AvgIpc) is 2.55. The van der Waals surface area contributed by atoms with Crippen molar-refractivity contribution in [3.8, 4) is 0 Å². The average molecular weight is 360 g/mol. The number of nitrogens with one attached hydrogen (secondary N) is 1. The third-order valence-electron chi connectivity index (χ3n) is 3.45. The van der Waals surface area contributed by atoms with Crippen LogP contribution in [0.1, 0.15) is 6.42 Å². The molecule has 0 aromatic heterocycles. The molecule has 1 atom stereocenters. The van der Waals surface area contributed by atoms with Crippen molar-refractivity contribution in [2.24, 2.45) is 0 Å². The van der Waals surface area contributed by atoms with Gasteiger partial charge >= 0.3 is 5.97 Å². The smallest absolute Gasteiger partial charge is 0.334 e. The van der Waals surface area contributed by atoms with Gasteiger partial charge in [-0.15, -0.1) is 0 Å². The van der Waals surface area contributed by atoms with Crippen molar-refractivity contribution in [3.05, 3.63) is 30.1 Å². The van der Waals surface area contributed by atoms with E-state index >= 15 is 0 Å². The lowest BCUT2D eigenvalue weighted by atomic mass is 10.2. The molecule has 0 saturated carbocycles. The molecule has 1 aliphatic rings. The van der Waals surface area contributed by atoms with Gasteiger partial charge in [-0.25, -0.2) is 22.3 Å². The highest BCUT2D eigenvalue weighted by Crippen LogP contribution is 2.10. The Balaban J connectivity index is 1.85. The van der Waals surface area contributed by atoms with Crippen molar-refractivity contribution in [2.75, 3.05) is 26.2 Å². The van der Waals surface area contributed by atoms with Crippen LogP contribution in [0.15, 0.2) is 29.2 Å². The van der Waals surface area contributed by atoms with Crippen molar-refractivity contribution in [1.29, 1.82) is 0 Å². The molecule has 132 valence electrons. The standard InChI is InChI=1S/C14H17FN2O6S/c15-10-1-3-11(4-2-10)24(21,22)16-6-5-13(18)17-7-8-23-12(9-17)14(19)20/h1-4,12,16H,5-9H2,(H,19,20). The molecule has 0 bridgehead atoms. The first-order valence-electron chi connectivity index (χ1n) is 7.17. The zero-order valence-electron chi connectivity index (χ0n) is 12.6. The van der Waals surface area contributed by atoms with E-state index in [1.807, 2.05) is 0 Å². The van der Waals surface area contributed by atoms with Crippen molar-refractivity contribution in [2.45, 2.75) is 17.4 Å². The number of hydrogen-bond acceptors (Lipinski definition) is 5. The molecule has 8 nitrogen and oxygen atoms in total. The second-order valence-corrected chi connectivity index (χ2v) is 6.91. The Bertz CT molecular complexity index is 706. The monoisotopic (exact) mass is 360 g/mol. The van der Waals surface area contributed by atoms with E-state index < -0.39 is 27.9 Å². The zero-order valence-corrected chi connectivity index (χ0v) is 13.5. The van der Waals surface area contributed by atoms with Crippen LogP contribution in [0.25, 0.3) is 0 Å². The van der Waals surface area contributed by atoms with Gasteiger partial charge in [0.1, 0.15) is 5.82 Å². The number of halogens is 1. The van der Waals surface area contributed by atoms with E-state index in [-0.39, 0.29) is 43.5 Å². The molecule has 0 aliphatic carbocycles. The van der Waals surface area contributed by atoms with Crippen LogP contribution in [0.4, 0.5) is 4.39 Å². The largest absolute Gasteiger partial charge is 0.479 e. The van der Waals surface area contributed by atoms with Gasteiger partial charge in [0.2, 0.25) is 15.9 Å².